The Balaban J connectivity index is 2.01. The monoisotopic (exact) mass is 374 g/mol. The van der Waals surface area contributed by atoms with Crippen molar-refractivity contribution >= 4 is 29.2 Å². The molecule has 0 saturated carbocycles. The van der Waals surface area contributed by atoms with Gasteiger partial charge in [0, 0.05) is 24.3 Å². The number of ether oxygens (including phenoxy) is 3. The highest BCUT2D eigenvalue weighted by molar-refractivity contribution is 6.03. The van der Waals surface area contributed by atoms with E-state index in [-0.39, 0.29) is 30.5 Å². The van der Waals surface area contributed by atoms with Crippen molar-refractivity contribution in [1.29, 1.82) is 0 Å². The van der Waals surface area contributed by atoms with Crippen molar-refractivity contribution in [3.05, 3.63) is 35.5 Å². The molecule has 0 unspecified atom stereocenters. The van der Waals surface area contributed by atoms with E-state index in [0.29, 0.717) is 18.7 Å². The number of carbonyl (C=O) groups excluding carboxylic acids is 3. The minimum atomic E-state index is -0.654. The van der Waals surface area contributed by atoms with Crippen molar-refractivity contribution in [2.24, 2.45) is 0 Å². The quantitative estimate of drug-likeness (QED) is 0.740. The zero-order valence-corrected chi connectivity index (χ0v) is 15.4. The van der Waals surface area contributed by atoms with Crippen LogP contribution in [0.25, 0.3) is 0 Å². The molecule has 1 aromatic rings. The van der Waals surface area contributed by atoms with E-state index in [4.69, 9.17) is 14.2 Å². The van der Waals surface area contributed by atoms with Crippen molar-refractivity contribution in [3.8, 4) is 0 Å². The van der Waals surface area contributed by atoms with Crippen molar-refractivity contribution in [2.75, 3.05) is 43.9 Å². The summed E-state index contributed by atoms with van der Waals surface area (Å²) < 4.78 is 15.1. The summed E-state index contributed by atoms with van der Waals surface area (Å²) >= 11 is 0. The molecule has 27 heavy (non-hydrogen) atoms. The SMILES string of the molecule is COC(=O)C1=C(C(=O)OC)N(c2cccc(N3CCCCC3=O)c2)COC1. The second kappa shape index (κ2) is 8.22. The number of rotatable bonds is 4. The Labute approximate surface area is 157 Å². The minimum absolute atomic E-state index is 0.0437. The number of piperidine rings is 1. The topological polar surface area (TPSA) is 85.4 Å². The van der Waals surface area contributed by atoms with Crippen molar-refractivity contribution in [1.82, 2.24) is 0 Å². The highest BCUT2D eigenvalue weighted by atomic mass is 16.5. The van der Waals surface area contributed by atoms with E-state index in [0.717, 1.165) is 18.5 Å². The van der Waals surface area contributed by atoms with Gasteiger partial charge in [-0.05, 0) is 31.0 Å². The molecular formula is C19H22N2O6. The van der Waals surface area contributed by atoms with E-state index >= 15 is 0 Å². The van der Waals surface area contributed by atoms with Gasteiger partial charge in [0.25, 0.3) is 0 Å². The van der Waals surface area contributed by atoms with Crippen LogP contribution in [0, 0.1) is 0 Å². The normalized spacial score (nSPS) is 17.8. The van der Waals surface area contributed by atoms with Gasteiger partial charge < -0.3 is 24.0 Å². The molecule has 1 fully saturated rings. The van der Waals surface area contributed by atoms with Crippen LogP contribution in [0.5, 0.6) is 0 Å². The van der Waals surface area contributed by atoms with Crippen LogP contribution >= 0.6 is 0 Å². The van der Waals surface area contributed by atoms with Gasteiger partial charge in [-0.15, -0.1) is 0 Å². The number of hydrogen-bond acceptors (Lipinski definition) is 7. The maximum Gasteiger partial charge on any atom is 0.355 e. The highest BCUT2D eigenvalue weighted by Gasteiger charge is 2.32. The van der Waals surface area contributed by atoms with Gasteiger partial charge in [0.1, 0.15) is 12.4 Å². The van der Waals surface area contributed by atoms with E-state index in [1.54, 1.807) is 28.0 Å². The maximum absolute atomic E-state index is 12.4. The van der Waals surface area contributed by atoms with E-state index in [1.165, 1.54) is 14.2 Å². The highest BCUT2D eigenvalue weighted by Crippen LogP contribution is 2.30. The molecule has 0 radical (unpaired) electrons. The third-order valence-corrected chi connectivity index (χ3v) is 4.61. The Morgan fingerprint density at radius 2 is 1.74 bits per heavy atom. The van der Waals surface area contributed by atoms with E-state index in [9.17, 15) is 14.4 Å². The van der Waals surface area contributed by atoms with Gasteiger partial charge in [-0.2, -0.15) is 0 Å². The zero-order valence-electron chi connectivity index (χ0n) is 15.4. The van der Waals surface area contributed by atoms with Crippen LogP contribution in [-0.4, -0.2) is 51.9 Å². The minimum Gasteiger partial charge on any atom is -0.466 e. The Morgan fingerprint density at radius 1 is 1.04 bits per heavy atom. The Bertz CT molecular complexity index is 788. The molecule has 0 spiro atoms. The van der Waals surface area contributed by atoms with Crippen LogP contribution < -0.4 is 9.80 Å². The number of methoxy groups -OCH3 is 2. The second-order valence-electron chi connectivity index (χ2n) is 6.24. The standard InChI is InChI=1S/C19H22N2O6/c1-25-18(23)15-11-27-12-21(17(15)19(24)26-2)14-7-5-6-13(10-14)20-9-4-3-8-16(20)22/h5-7,10H,3-4,8-9,11-12H2,1-2H3. The van der Waals surface area contributed by atoms with E-state index in [2.05, 4.69) is 0 Å². The molecule has 0 atom stereocenters. The van der Waals surface area contributed by atoms with Gasteiger partial charge in [0.05, 0.1) is 26.4 Å². The molecule has 8 nitrogen and oxygen atoms in total. The summed E-state index contributed by atoms with van der Waals surface area (Å²) in [6, 6.07) is 7.23. The largest absolute Gasteiger partial charge is 0.466 e. The van der Waals surface area contributed by atoms with Crippen LogP contribution in [0.3, 0.4) is 0 Å². The molecule has 0 aliphatic carbocycles. The van der Waals surface area contributed by atoms with Gasteiger partial charge in [-0.3, -0.25) is 4.79 Å². The molecule has 1 amide bonds. The number of carbonyl (C=O) groups is 3. The third-order valence-electron chi connectivity index (χ3n) is 4.61. The average molecular weight is 374 g/mol. The van der Waals surface area contributed by atoms with Crippen molar-refractivity contribution in [3.63, 3.8) is 0 Å². The summed E-state index contributed by atoms with van der Waals surface area (Å²) in [6.45, 7) is 0.687. The van der Waals surface area contributed by atoms with Gasteiger partial charge in [0.2, 0.25) is 5.91 Å². The summed E-state index contributed by atoms with van der Waals surface area (Å²) in [6.07, 6.45) is 2.37. The molecule has 3 rings (SSSR count). The molecule has 0 N–H and O–H groups in total. The molecule has 144 valence electrons. The molecule has 0 bridgehead atoms. The number of benzene rings is 1. The predicted molar refractivity (Wildman–Crippen MR) is 97.0 cm³/mol. The Kier molecular flexibility index (Phi) is 5.75. The Hall–Kier alpha value is -2.87. The second-order valence-corrected chi connectivity index (χ2v) is 6.24. The summed E-state index contributed by atoms with van der Waals surface area (Å²) in [5.74, 6) is -1.23. The molecule has 2 aliphatic heterocycles. The number of amides is 1. The van der Waals surface area contributed by atoms with Gasteiger partial charge in [0.15, 0.2) is 0 Å². The molecule has 0 aromatic heterocycles. The fourth-order valence-corrected chi connectivity index (χ4v) is 3.26. The first-order chi connectivity index (χ1) is 13.1. The fourth-order valence-electron chi connectivity index (χ4n) is 3.26. The van der Waals surface area contributed by atoms with Gasteiger partial charge in [-0.25, -0.2) is 9.59 Å². The first kappa shape index (κ1) is 18.9. The van der Waals surface area contributed by atoms with Crippen molar-refractivity contribution < 1.29 is 28.6 Å². The fraction of sp³-hybridized carbons (Fsp3) is 0.421. The van der Waals surface area contributed by atoms with E-state index in [1.807, 2.05) is 6.07 Å². The lowest BCUT2D eigenvalue weighted by Gasteiger charge is -2.32. The average Bonchev–Trinajstić information content (AvgIpc) is 2.72. The predicted octanol–water partition coefficient (Wildman–Crippen LogP) is 1.60. The number of nitrogens with zero attached hydrogens (tertiary/aromatic N) is 2. The Morgan fingerprint density at radius 3 is 2.41 bits per heavy atom. The summed E-state index contributed by atoms with van der Waals surface area (Å²) in [5, 5.41) is 0. The van der Waals surface area contributed by atoms with Crippen molar-refractivity contribution in [2.45, 2.75) is 19.3 Å². The van der Waals surface area contributed by atoms with Crippen LogP contribution in [-0.2, 0) is 28.6 Å². The zero-order chi connectivity index (χ0) is 19.4. The third kappa shape index (κ3) is 3.80. The summed E-state index contributed by atoms with van der Waals surface area (Å²) in [4.78, 5) is 40.0. The van der Waals surface area contributed by atoms with Crippen LogP contribution in [0.2, 0.25) is 0 Å². The lowest BCUT2D eigenvalue weighted by atomic mass is 10.1. The molecule has 2 heterocycles. The molecular weight excluding hydrogens is 352 g/mol. The molecule has 2 aliphatic rings. The van der Waals surface area contributed by atoms with E-state index < -0.39 is 11.9 Å². The molecule has 1 saturated heterocycles. The van der Waals surface area contributed by atoms with Crippen LogP contribution in [0.4, 0.5) is 11.4 Å². The number of anilines is 2. The van der Waals surface area contributed by atoms with Crippen LogP contribution in [0.1, 0.15) is 19.3 Å². The lowest BCUT2D eigenvalue weighted by molar-refractivity contribution is -0.140. The lowest BCUT2D eigenvalue weighted by Crippen LogP contribution is -2.39. The van der Waals surface area contributed by atoms with Crippen LogP contribution in [0.15, 0.2) is 35.5 Å². The maximum atomic E-state index is 12.4. The summed E-state index contributed by atoms with van der Waals surface area (Å²) in [7, 11) is 2.49. The summed E-state index contributed by atoms with van der Waals surface area (Å²) in [5.41, 5.74) is 1.53. The van der Waals surface area contributed by atoms with Gasteiger partial charge in [-0.1, -0.05) is 6.07 Å². The number of hydrogen-bond donors (Lipinski definition) is 0. The van der Waals surface area contributed by atoms with Gasteiger partial charge >= 0.3 is 11.9 Å². The number of esters is 2. The first-order valence-electron chi connectivity index (χ1n) is 8.72. The smallest absolute Gasteiger partial charge is 0.355 e. The molecule has 8 heteroatoms. The molecule has 1 aromatic carbocycles. The first-order valence-corrected chi connectivity index (χ1v) is 8.72.